The fourth-order valence-electron chi connectivity index (χ4n) is 4.46. The summed E-state index contributed by atoms with van der Waals surface area (Å²) in [7, 11) is 0. The first kappa shape index (κ1) is 20.4. The fourth-order valence-corrected chi connectivity index (χ4v) is 4.46. The van der Waals surface area contributed by atoms with E-state index in [1.807, 2.05) is 0 Å². The highest BCUT2D eigenvalue weighted by atomic mass is 14.2. The van der Waals surface area contributed by atoms with Crippen LogP contribution < -0.4 is 0 Å². The SMILES string of the molecule is Cc1cc(C)cc(-c2c(C(C)C)ccc(C(C)C)c2-c2cc(C)cc(C)c2)c1. The van der Waals surface area contributed by atoms with Crippen LogP contribution in [-0.4, -0.2) is 0 Å². The lowest BCUT2D eigenvalue weighted by Gasteiger charge is -2.24. The summed E-state index contributed by atoms with van der Waals surface area (Å²) in [4.78, 5) is 0. The highest BCUT2D eigenvalue weighted by Gasteiger charge is 2.20. The number of aryl methyl sites for hydroxylation is 4. The van der Waals surface area contributed by atoms with Gasteiger partial charge in [-0.1, -0.05) is 98.5 Å². The van der Waals surface area contributed by atoms with Crippen molar-refractivity contribution in [2.45, 2.75) is 67.2 Å². The number of rotatable bonds is 4. The zero-order valence-electron chi connectivity index (χ0n) is 18.8. The fraction of sp³-hybridized carbons (Fsp3) is 0.357. The maximum atomic E-state index is 2.36. The van der Waals surface area contributed by atoms with Crippen molar-refractivity contribution in [2.24, 2.45) is 0 Å². The van der Waals surface area contributed by atoms with E-state index in [2.05, 4.69) is 104 Å². The Balaban J connectivity index is 2.48. The van der Waals surface area contributed by atoms with Crippen molar-refractivity contribution in [3.8, 4) is 22.3 Å². The molecule has 0 heterocycles. The van der Waals surface area contributed by atoms with Crippen LogP contribution in [0.25, 0.3) is 22.3 Å². The van der Waals surface area contributed by atoms with Gasteiger partial charge in [-0.3, -0.25) is 0 Å². The van der Waals surface area contributed by atoms with E-state index in [9.17, 15) is 0 Å². The van der Waals surface area contributed by atoms with Gasteiger partial charge in [-0.15, -0.1) is 0 Å². The summed E-state index contributed by atoms with van der Waals surface area (Å²) < 4.78 is 0. The van der Waals surface area contributed by atoms with Gasteiger partial charge in [0.15, 0.2) is 0 Å². The van der Waals surface area contributed by atoms with Gasteiger partial charge in [0.1, 0.15) is 0 Å². The largest absolute Gasteiger partial charge is 0.0587 e. The number of benzene rings is 3. The van der Waals surface area contributed by atoms with Gasteiger partial charge in [-0.05, 0) is 72.9 Å². The average molecular weight is 371 g/mol. The molecule has 0 saturated carbocycles. The summed E-state index contributed by atoms with van der Waals surface area (Å²) in [5, 5.41) is 0. The van der Waals surface area contributed by atoms with Gasteiger partial charge in [0.2, 0.25) is 0 Å². The molecule has 0 aliphatic carbocycles. The van der Waals surface area contributed by atoms with E-state index in [1.54, 1.807) is 0 Å². The quantitative estimate of drug-likeness (QED) is 0.432. The Morgan fingerprint density at radius 1 is 0.464 bits per heavy atom. The Kier molecular flexibility index (Phi) is 5.79. The summed E-state index contributed by atoms with van der Waals surface area (Å²) in [6.45, 7) is 18.0. The number of hydrogen-bond acceptors (Lipinski definition) is 0. The van der Waals surface area contributed by atoms with Gasteiger partial charge in [0.05, 0.1) is 0 Å². The lowest BCUT2D eigenvalue weighted by atomic mass is 9.80. The molecule has 0 bridgehead atoms. The molecule has 0 spiro atoms. The summed E-state index contributed by atoms with van der Waals surface area (Å²) in [5.41, 5.74) is 13.7. The molecule has 0 saturated heterocycles. The Morgan fingerprint density at radius 3 is 1.00 bits per heavy atom. The van der Waals surface area contributed by atoms with Crippen LogP contribution >= 0.6 is 0 Å². The molecule has 3 rings (SSSR count). The summed E-state index contributed by atoms with van der Waals surface area (Å²) >= 11 is 0. The van der Waals surface area contributed by atoms with E-state index in [0.29, 0.717) is 11.8 Å². The van der Waals surface area contributed by atoms with Gasteiger partial charge in [-0.2, -0.15) is 0 Å². The van der Waals surface area contributed by atoms with E-state index in [4.69, 9.17) is 0 Å². The molecule has 0 N–H and O–H groups in total. The van der Waals surface area contributed by atoms with Gasteiger partial charge in [-0.25, -0.2) is 0 Å². The van der Waals surface area contributed by atoms with Crippen LogP contribution in [0.15, 0.2) is 48.5 Å². The van der Waals surface area contributed by atoms with E-state index in [1.165, 1.54) is 55.6 Å². The molecule has 0 fully saturated rings. The second-order valence-electron chi connectivity index (χ2n) is 9.06. The zero-order valence-corrected chi connectivity index (χ0v) is 18.8. The summed E-state index contributed by atoms with van der Waals surface area (Å²) in [6.07, 6.45) is 0. The van der Waals surface area contributed by atoms with Crippen LogP contribution in [-0.2, 0) is 0 Å². The molecular weight excluding hydrogens is 336 g/mol. The van der Waals surface area contributed by atoms with Crippen LogP contribution in [0.4, 0.5) is 0 Å². The smallest absolute Gasteiger partial charge is 0.00676 e. The highest BCUT2D eigenvalue weighted by Crippen LogP contribution is 2.43. The standard InChI is InChI=1S/C28H34/c1-17(2)25-9-10-26(18(3)4)28(24-15-21(7)12-22(8)16-24)27(25)23-13-19(5)11-20(6)14-23/h9-18H,1-8H3. The molecule has 3 aromatic carbocycles. The second-order valence-corrected chi connectivity index (χ2v) is 9.06. The second kappa shape index (κ2) is 7.95. The molecule has 0 heteroatoms. The normalized spacial score (nSPS) is 11.5. The Bertz CT molecular complexity index is 880. The third kappa shape index (κ3) is 4.07. The van der Waals surface area contributed by atoms with Crippen LogP contribution in [0.1, 0.15) is 72.9 Å². The molecule has 0 radical (unpaired) electrons. The lowest BCUT2D eigenvalue weighted by molar-refractivity contribution is 0.849. The summed E-state index contributed by atoms with van der Waals surface area (Å²) in [6, 6.07) is 18.7. The van der Waals surface area contributed by atoms with E-state index in [-0.39, 0.29) is 0 Å². The van der Waals surface area contributed by atoms with E-state index in [0.717, 1.165) is 0 Å². The predicted octanol–water partition coefficient (Wildman–Crippen LogP) is 8.50. The first-order chi connectivity index (χ1) is 13.2. The Hall–Kier alpha value is -2.34. The minimum absolute atomic E-state index is 0.474. The van der Waals surface area contributed by atoms with Crippen LogP contribution in [0, 0.1) is 27.7 Å². The molecule has 0 nitrogen and oxygen atoms in total. The molecule has 0 amide bonds. The van der Waals surface area contributed by atoms with Crippen LogP contribution in [0.2, 0.25) is 0 Å². The average Bonchev–Trinajstić information content (AvgIpc) is 2.58. The molecule has 28 heavy (non-hydrogen) atoms. The molecule has 0 aliphatic rings. The maximum Gasteiger partial charge on any atom is -0.00676 e. The molecule has 146 valence electrons. The lowest BCUT2D eigenvalue weighted by Crippen LogP contribution is -2.02. The monoisotopic (exact) mass is 370 g/mol. The van der Waals surface area contributed by atoms with E-state index < -0.39 is 0 Å². The molecule has 0 aromatic heterocycles. The van der Waals surface area contributed by atoms with Crippen molar-refractivity contribution in [3.05, 3.63) is 81.9 Å². The number of hydrogen-bond donors (Lipinski definition) is 0. The topological polar surface area (TPSA) is 0 Å². The van der Waals surface area contributed by atoms with Crippen LogP contribution in [0.3, 0.4) is 0 Å². The Morgan fingerprint density at radius 2 is 0.750 bits per heavy atom. The first-order valence-corrected chi connectivity index (χ1v) is 10.5. The predicted molar refractivity (Wildman–Crippen MR) is 124 cm³/mol. The summed E-state index contributed by atoms with van der Waals surface area (Å²) in [5.74, 6) is 0.948. The minimum atomic E-state index is 0.474. The van der Waals surface area contributed by atoms with Crippen molar-refractivity contribution >= 4 is 0 Å². The molecule has 0 unspecified atom stereocenters. The Labute approximate surface area is 171 Å². The maximum absolute atomic E-state index is 2.36. The molecule has 0 aliphatic heterocycles. The first-order valence-electron chi connectivity index (χ1n) is 10.5. The van der Waals surface area contributed by atoms with Gasteiger partial charge >= 0.3 is 0 Å². The minimum Gasteiger partial charge on any atom is -0.0587 e. The van der Waals surface area contributed by atoms with Crippen molar-refractivity contribution in [3.63, 3.8) is 0 Å². The van der Waals surface area contributed by atoms with Gasteiger partial charge in [0, 0.05) is 0 Å². The van der Waals surface area contributed by atoms with Crippen molar-refractivity contribution in [1.82, 2.24) is 0 Å². The van der Waals surface area contributed by atoms with Gasteiger partial charge in [0.25, 0.3) is 0 Å². The van der Waals surface area contributed by atoms with E-state index >= 15 is 0 Å². The van der Waals surface area contributed by atoms with Crippen molar-refractivity contribution in [1.29, 1.82) is 0 Å². The highest BCUT2D eigenvalue weighted by molar-refractivity contribution is 5.89. The third-order valence-corrected chi connectivity index (χ3v) is 5.53. The molecular formula is C28H34. The van der Waals surface area contributed by atoms with Crippen molar-refractivity contribution in [2.75, 3.05) is 0 Å². The zero-order chi connectivity index (χ0) is 20.6. The van der Waals surface area contributed by atoms with Crippen molar-refractivity contribution < 1.29 is 0 Å². The molecule has 0 atom stereocenters. The third-order valence-electron chi connectivity index (χ3n) is 5.53. The molecule has 3 aromatic rings. The van der Waals surface area contributed by atoms with Crippen LogP contribution in [0.5, 0.6) is 0 Å². The van der Waals surface area contributed by atoms with Gasteiger partial charge < -0.3 is 0 Å².